The van der Waals surface area contributed by atoms with Gasteiger partial charge in [0.2, 0.25) is 11.8 Å². The number of aryl methyl sites for hydroxylation is 1. The number of hydrazine groups is 1. The summed E-state index contributed by atoms with van der Waals surface area (Å²) in [5, 5.41) is 4.07. The Morgan fingerprint density at radius 1 is 1.16 bits per heavy atom. The van der Waals surface area contributed by atoms with E-state index in [1.165, 1.54) is 5.01 Å². The summed E-state index contributed by atoms with van der Waals surface area (Å²) in [6.45, 7) is 3.68. The first-order valence-electron chi connectivity index (χ1n) is 8.04. The Hall–Kier alpha value is -3.09. The van der Waals surface area contributed by atoms with Crippen LogP contribution in [0.3, 0.4) is 0 Å². The minimum atomic E-state index is -0.260. The Balaban J connectivity index is 1.68. The van der Waals surface area contributed by atoms with E-state index < -0.39 is 0 Å². The van der Waals surface area contributed by atoms with Gasteiger partial charge in [-0.3, -0.25) is 19.8 Å². The van der Waals surface area contributed by atoms with Gasteiger partial charge in [0, 0.05) is 18.4 Å². The van der Waals surface area contributed by atoms with Gasteiger partial charge in [0.25, 0.3) is 5.91 Å². The van der Waals surface area contributed by atoms with Gasteiger partial charge in [0.05, 0.1) is 11.7 Å². The summed E-state index contributed by atoms with van der Waals surface area (Å²) in [7, 11) is 0. The SMILES string of the molecule is Cc1ccc(C(C)NC(=O)c2ccc(N3NC(=O)CCC3=O)cc2)o1. The minimum Gasteiger partial charge on any atom is -0.464 e. The molecule has 0 saturated carbocycles. The highest BCUT2D eigenvalue weighted by molar-refractivity contribution is 6.01. The normalized spacial score (nSPS) is 15.7. The second-order valence-electron chi connectivity index (χ2n) is 5.95. The topological polar surface area (TPSA) is 91.7 Å². The maximum Gasteiger partial charge on any atom is 0.251 e. The minimum absolute atomic E-state index is 0.175. The second kappa shape index (κ2) is 6.80. The molecule has 1 unspecified atom stereocenters. The summed E-state index contributed by atoms with van der Waals surface area (Å²) in [6, 6.07) is 9.88. The van der Waals surface area contributed by atoms with Gasteiger partial charge in [-0.05, 0) is 50.2 Å². The van der Waals surface area contributed by atoms with Crippen molar-refractivity contribution in [2.75, 3.05) is 5.01 Å². The molecule has 7 heteroatoms. The van der Waals surface area contributed by atoms with Crippen LogP contribution in [0.5, 0.6) is 0 Å². The van der Waals surface area contributed by atoms with Crippen molar-refractivity contribution < 1.29 is 18.8 Å². The lowest BCUT2D eigenvalue weighted by Crippen LogP contribution is -2.50. The number of hydrogen-bond donors (Lipinski definition) is 2. The first-order chi connectivity index (χ1) is 11.9. The van der Waals surface area contributed by atoms with Crippen molar-refractivity contribution in [1.29, 1.82) is 0 Å². The molecule has 1 saturated heterocycles. The van der Waals surface area contributed by atoms with Crippen molar-refractivity contribution in [3.8, 4) is 0 Å². The maximum absolute atomic E-state index is 12.3. The average Bonchev–Trinajstić information content (AvgIpc) is 3.04. The zero-order chi connectivity index (χ0) is 18.0. The lowest BCUT2D eigenvalue weighted by molar-refractivity contribution is -0.130. The number of amides is 3. The molecule has 130 valence electrons. The van der Waals surface area contributed by atoms with Crippen LogP contribution in [-0.4, -0.2) is 17.7 Å². The molecule has 0 bridgehead atoms. The molecule has 2 N–H and O–H groups in total. The first kappa shape index (κ1) is 16.8. The molecule has 0 spiro atoms. The fourth-order valence-electron chi connectivity index (χ4n) is 2.58. The molecule has 3 rings (SSSR count). The van der Waals surface area contributed by atoms with Crippen molar-refractivity contribution >= 4 is 23.4 Å². The third-order valence-corrected chi connectivity index (χ3v) is 3.98. The van der Waals surface area contributed by atoms with Crippen LogP contribution in [0.4, 0.5) is 5.69 Å². The van der Waals surface area contributed by atoms with Crippen molar-refractivity contribution in [1.82, 2.24) is 10.7 Å². The second-order valence-corrected chi connectivity index (χ2v) is 5.95. The van der Waals surface area contributed by atoms with Gasteiger partial charge in [0.15, 0.2) is 0 Å². The van der Waals surface area contributed by atoms with Crippen LogP contribution in [0.1, 0.15) is 47.7 Å². The summed E-state index contributed by atoms with van der Waals surface area (Å²) in [5.41, 5.74) is 3.49. The van der Waals surface area contributed by atoms with Crippen LogP contribution >= 0.6 is 0 Å². The highest BCUT2D eigenvalue weighted by atomic mass is 16.3. The largest absolute Gasteiger partial charge is 0.464 e. The van der Waals surface area contributed by atoms with Crippen LogP contribution in [0, 0.1) is 6.92 Å². The molecule has 0 aliphatic carbocycles. The first-order valence-corrected chi connectivity index (χ1v) is 8.04. The number of nitrogens with zero attached hydrogens (tertiary/aromatic N) is 1. The van der Waals surface area contributed by atoms with Crippen LogP contribution in [0.15, 0.2) is 40.8 Å². The molecule has 1 fully saturated rings. The Labute approximate surface area is 145 Å². The average molecular weight is 341 g/mol. The van der Waals surface area contributed by atoms with E-state index >= 15 is 0 Å². The third-order valence-electron chi connectivity index (χ3n) is 3.98. The molecule has 1 aromatic carbocycles. The van der Waals surface area contributed by atoms with Crippen LogP contribution < -0.4 is 15.8 Å². The van der Waals surface area contributed by atoms with Crippen molar-refractivity contribution in [3.05, 3.63) is 53.5 Å². The summed E-state index contributed by atoms with van der Waals surface area (Å²) >= 11 is 0. The zero-order valence-electron chi connectivity index (χ0n) is 14.0. The van der Waals surface area contributed by atoms with E-state index in [2.05, 4.69) is 10.7 Å². The summed E-state index contributed by atoms with van der Waals surface area (Å²) in [5.74, 6) is 0.836. The van der Waals surface area contributed by atoms with Gasteiger partial charge in [-0.25, -0.2) is 5.01 Å². The van der Waals surface area contributed by atoms with E-state index in [0.29, 0.717) is 17.0 Å². The summed E-state index contributed by atoms with van der Waals surface area (Å²) in [4.78, 5) is 35.7. The highest BCUT2D eigenvalue weighted by Crippen LogP contribution is 2.19. The molecular formula is C18H19N3O4. The van der Waals surface area contributed by atoms with Crippen molar-refractivity contribution in [2.24, 2.45) is 0 Å². The van der Waals surface area contributed by atoms with E-state index in [1.54, 1.807) is 24.3 Å². The number of benzene rings is 1. The van der Waals surface area contributed by atoms with Gasteiger partial charge in [-0.2, -0.15) is 0 Å². The van der Waals surface area contributed by atoms with Crippen LogP contribution in [-0.2, 0) is 9.59 Å². The smallest absolute Gasteiger partial charge is 0.251 e. The van der Waals surface area contributed by atoms with Crippen molar-refractivity contribution in [2.45, 2.75) is 32.7 Å². The Bertz CT molecular complexity index is 810. The molecule has 0 radical (unpaired) electrons. The van der Waals surface area contributed by atoms with E-state index in [0.717, 1.165) is 5.76 Å². The predicted octanol–water partition coefficient (Wildman–Crippen LogP) is 2.24. The fraction of sp³-hybridized carbons (Fsp3) is 0.278. The maximum atomic E-state index is 12.3. The third kappa shape index (κ3) is 3.71. The molecule has 1 atom stereocenters. The van der Waals surface area contributed by atoms with Crippen LogP contribution in [0.25, 0.3) is 0 Å². The molecule has 2 aromatic rings. The Morgan fingerprint density at radius 3 is 2.52 bits per heavy atom. The molecular weight excluding hydrogens is 322 g/mol. The van der Waals surface area contributed by atoms with Gasteiger partial charge in [-0.15, -0.1) is 0 Å². The molecule has 3 amide bonds. The number of furan rings is 1. The van der Waals surface area contributed by atoms with E-state index in [9.17, 15) is 14.4 Å². The Morgan fingerprint density at radius 2 is 1.88 bits per heavy atom. The van der Waals surface area contributed by atoms with Gasteiger partial charge >= 0.3 is 0 Å². The predicted molar refractivity (Wildman–Crippen MR) is 90.6 cm³/mol. The van der Waals surface area contributed by atoms with E-state index in [1.807, 2.05) is 26.0 Å². The van der Waals surface area contributed by atoms with E-state index in [-0.39, 0.29) is 36.6 Å². The van der Waals surface area contributed by atoms with Crippen molar-refractivity contribution in [3.63, 3.8) is 0 Å². The number of rotatable bonds is 4. The lowest BCUT2D eigenvalue weighted by atomic mass is 10.1. The number of anilines is 1. The highest BCUT2D eigenvalue weighted by Gasteiger charge is 2.24. The number of carbonyl (C=O) groups is 3. The monoisotopic (exact) mass is 341 g/mol. The Kier molecular flexibility index (Phi) is 4.56. The molecule has 1 aliphatic rings. The molecule has 2 heterocycles. The van der Waals surface area contributed by atoms with Crippen LogP contribution in [0.2, 0.25) is 0 Å². The van der Waals surface area contributed by atoms with Gasteiger partial charge in [-0.1, -0.05) is 0 Å². The summed E-state index contributed by atoms with van der Waals surface area (Å²) < 4.78 is 5.50. The van der Waals surface area contributed by atoms with E-state index in [4.69, 9.17) is 4.42 Å². The molecule has 25 heavy (non-hydrogen) atoms. The van der Waals surface area contributed by atoms with Gasteiger partial charge < -0.3 is 9.73 Å². The number of nitrogens with one attached hydrogen (secondary N) is 2. The lowest BCUT2D eigenvalue weighted by Gasteiger charge is -2.27. The zero-order valence-corrected chi connectivity index (χ0v) is 14.0. The summed E-state index contributed by atoms with van der Waals surface area (Å²) in [6.07, 6.45) is 0.369. The number of hydrogen-bond acceptors (Lipinski definition) is 4. The molecule has 1 aromatic heterocycles. The fourth-order valence-corrected chi connectivity index (χ4v) is 2.58. The molecule has 7 nitrogen and oxygen atoms in total. The quantitative estimate of drug-likeness (QED) is 0.892. The molecule has 1 aliphatic heterocycles. The van der Waals surface area contributed by atoms with Gasteiger partial charge in [0.1, 0.15) is 11.5 Å². The standard InChI is InChI=1S/C18H19N3O4/c1-11-3-8-15(25-11)12(2)19-18(24)13-4-6-14(7-5-13)21-17(23)10-9-16(22)20-21/h3-8,12H,9-10H2,1-2H3,(H,19,24)(H,20,22). The number of carbonyl (C=O) groups excluding carboxylic acids is 3.